The highest BCUT2D eigenvalue weighted by molar-refractivity contribution is 6.15. The van der Waals surface area contributed by atoms with E-state index in [-0.39, 0.29) is 45.5 Å². The van der Waals surface area contributed by atoms with E-state index in [1.807, 2.05) is 0 Å². The van der Waals surface area contributed by atoms with Gasteiger partial charge in [0.2, 0.25) is 5.41 Å². The molecule has 0 N–H and O–H groups in total. The fraction of sp³-hybridized carbons (Fsp3) is 0.250. The summed E-state index contributed by atoms with van der Waals surface area (Å²) >= 11 is 0. The van der Waals surface area contributed by atoms with E-state index in [1.54, 1.807) is 0 Å². The number of halogens is 6. The first-order valence-corrected chi connectivity index (χ1v) is 18.1. The molecule has 2 aliphatic carbocycles. The van der Waals surface area contributed by atoms with E-state index in [0.29, 0.717) is 30.7 Å². The highest BCUT2D eigenvalue weighted by Gasteiger charge is 2.74. The molecule has 11 rings (SSSR count). The molecule has 326 valence electrons. The van der Waals surface area contributed by atoms with Crippen LogP contribution in [0.4, 0.5) is 26.3 Å². The highest BCUT2D eigenvalue weighted by Crippen LogP contribution is 2.63. The Kier molecular flexibility index (Phi) is 8.76. The summed E-state index contributed by atoms with van der Waals surface area (Å²) in [5.74, 6) is -10.1. The zero-order valence-corrected chi connectivity index (χ0v) is 30.9. The molecule has 2 saturated carbocycles. The van der Waals surface area contributed by atoms with E-state index in [1.165, 1.54) is 0 Å². The molecule has 4 fully saturated rings. The van der Waals surface area contributed by atoms with Crippen molar-refractivity contribution in [2.24, 2.45) is 35.5 Å². The lowest BCUT2D eigenvalue weighted by Crippen LogP contribution is -2.55. The number of benzene rings is 3. The van der Waals surface area contributed by atoms with Crippen molar-refractivity contribution in [3.8, 4) is 0 Å². The van der Waals surface area contributed by atoms with Gasteiger partial charge in [0.05, 0.1) is 67.5 Å². The van der Waals surface area contributed by atoms with Crippen molar-refractivity contribution >= 4 is 69.3 Å². The second kappa shape index (κ2) is 13.5. The van der Waals surface area contributed by atoms with Crippen LogP contribution in [0.25, 0.3) is 21.5 Å². The Bertz CT molecular complexity index is 2950. The van der Waals surface area contributed by atoms with Gasteiger partial charge in [-0.05, 0) is 65.8 Å². The van der Waals surface area contributed by atoms with Crippen molar-refractivity contribution in [1.29, 1.82) is 0 Å². The highest BCUT2D eigenvalue weighted by atomic mass is 19.4. The number of fused-ring (bicyclic) bond motifs is 12. The third kappa shape index (κ3) is 5.66. The first-order valence-electron chi connectivity index (χ1n) is 18.1. The summed E-state index contributed by atoms with van der Waals surface area (Å²) in [4.78, 5) is 137. The normalized spacial score (nSPS) is 24.1. The molecule has 4 atom stereocenters. The molecule has 0 spiro atoms. The largest absolute Gasteiger partial charge is 0.411 e. The molecule has 4 unspecified atom stereocenters. The van der Waals surface area contributed by atoms with Gasteiger partial charge >= 0.3 is 82.6 Å². The summed E-state index contributed by atoms with van der Waals surface area (Å²) < 4.78 is 112. The number of esters is 8. The zero-order chi connectivity index (χ0) is 46.3. The zero-order valence-electron chi connectivity index (χ0n) is 30.9. The lowest BCUT2D eigenvalue weighted by Gasteiger charge is -2.38. The van der Waals surface area contributed by atoms with Gasteiger partial charge in [-0.15, -0.1) is 0 Å². The number of ether oxygens (including phenoxy) is 4. The first-order chi connectivity index (χ1) is 30.0. The molecule has 2 bridgehead atoms. The second-order valence-corrected chi connectivity index (χ2v) is 15.1. The minimum Gasteiger partial charge on any atom is -0.393 e. The average molecular weight is 899 g/mol. The molecule has 2 aromatic heterocycles. The summed E-state index contributed by atoms with van der Waals surface area (Å²) in [6.45, 7) is 0. The Morgan fingerprint density at radius 3 is 0.984 bits per heavy atom. The van der Waals surface area contributed by atoms with E-state index in [4.69, 9.17) is 0 Å². The third-order valence-electron chi connectivity index (χ3n) is 12.1. The standard InChI is InChI=1S/C19H6F6O6.C11H8O6.C10H2O6/c20-18(21,22)17(19(23,24)25,7-1-3-9-11(5-7)15(28)30-13(9)26)8-2-4-10-12(6-8)16(29)31-14(10)27;12-8-4-2-1-3(6(4)10(14)16-8)7-5(2)9(13)17-11(7)15;11-7-3-1-4-6(10(14)16-8(4)12)2-5(3)9(13)15-7/h1-6H;2-7H,1H2;1-2H. The number of alkyl halides is 6. The molecule has 18 nitrogen and oxygen atoms in total. The minimum absolute atomic E-state index is 0.0181. The molecule has 0 amide bonds. The van der Waals surface area contributed by atoms with Gasteiger partial charge in [-0.25, -0.2) is 38.4 Å². The van der Waals surface area contributed by atoms with Gasteiger partial charge < -0.3 is 27.8 Å². The SMILES string of the molecule is O=C1OC(=O)C2C3CC(C12)C1C(=O)OC(=O)C31.O=C1OC(=O)c2cc(C(c3ccc4c(c3)C(=O)OC4=O)(C(F)(F)F)C(F)(F)F)ccc21.O=c1oc(=O)c2cc3c(=O)oc(=O)c3cc12. The number of furan rings is 2. The van der Waals surface area contributed by atoms with Gasteiger partial charge in [0.15, 0.2) is 0 Å². The number of carbonyl (C=O) groups is 8. The maximum Gasteiger partial charge on any atom is 0.411 e. The molecule has 4 aliphatic heterocycles. The van der Waals surface area contributed by atoms with Gasteiger partial charge in [-0.2, -0.15) is 26.3 Å². The van der Waals surface area contributed by atoms with Crippen molar-refractivity contribution in [1.82, 2.24) is 0 Å². The van der Waals surface area contributed by atoms with Gasteiger partial charge in [0.1, 0.15) is 0 Å². The molecule has 6 heterocycles. The Balaban J connectivity index is 0.000000132. The maximum absolute atomic E-state index is 14.2. The summed E-state index contributed by atoms with van der Waals surface area (Å²) in [6, 6.07) is 4.88. The Morgan fingerprint density at radius 1 is 0.391 bits per heavy atom. The molecular weight excluding hydrogens is 882 g/mol. The monoisotopic (exact) mass is 898 g/mol. The molecule has 6 aliphatic rings. The Labute approximate surface area is 344 Å². The van der Waals surface area contributed by atoms with Crippen LogP contribution in [-0.2, 0) is 43.5 Å². The van der Waals surface area contributed by atoms with Crippen LogP contribution in [0.3, 0.4) is 0 Å². The summed E-state index contributed by atoms with van der Waals surface area (Å²) in [6.07, 6.45) is -11.5. The average Bonchev–Trinajstić information content (AvgIpc) is 4.09. The van der Waals surface area contributed by atoms with Gasteiger partial charge in [0, 0.05) is 0 Å². The van der Waals surface area contributed by atoms with Crippen molar-refractivity contribution in [3.05, 3.63) is 124 Å². The third-order valence-corrected chi connectivity index (χ3v) is 12.1. The topological polar surface area (TPSA) is 268 Å². The van der Waals surface area contributed by atoms with Gasteiger partial charge in [0.25, 0.3) is 0 Å². The van der Waals surface area contributed by atoms with Crippen molar-refractivity contribution in [2.75, 3.05) is 0 Å². The predicted octanol–water partition coefficient (Wildman–Crippen LogP) is 2.48. The van der Waals surface area contributed by atoms with Crippen LogP contribution in [0.15, 0.2) is 76.5 Å². The van der Waals surface area contributed by atoms with Crippen molar-refractivity contribution < 1.29 is 92.5 Å². The van der Waals surface area contributed by atoms with Crippen LogP contribution in [0.1, 0.15) is 59.0 Å². The second-order valence-electron chi connectivity index (χ2n) is 15.1. The molecule has 3 aromatic carbocycles. The quantitative estimate of drug-likeness (QED) is 0.107. The number of hydrogen-bond acceptors (Lipinski definition) is 18. The van der Waals surface area contributed by atoms with Crippen LogP contribution >= 0.6 is 0 Å². The summed E-state index contributed by atoms with van der Waals surface area (Å²) in [5, 5.41) is -0.0726. The molecule has 64 heavy (non-hydrogen) atoms. The molecule has 2 saturated heterocycles. The van der Waals surface area contributed by atoms with Crippen molar-refractivity contribution in [2.45, 2.75) is 24.2 Å². The van der Waals surface area contributed by atoms with Gasteiger partial charge in [-0.3, -0.25) is 19.2 Å². The van der Waals surface area contributed by atoms with Crippen LogP contribution < -0.4 is 22.5 Å². The maximum atomic E-state index is 14.2. The van der Waals surface area contributed by atoms with E-state index in [0.717, 1.165) is 12.1 Å². The number of hydrogen-bond donors (Lipinski definition) is 0. The van der Waals surface area contributed by atoms with Crippen LogP contribution in [0.2, 0.25) is 0 Å². The van der Waals surface area contributed by atoms with E-state index >= 15 is 0 Å². The van der Waals surface area contributed by atoms with E-state index in [2.05, 4.69) is 27.8 Å². The fourth-order valence-electron chi connectivity index (χ4n) is 9.45. The van der Waals surface area contributed by atoms with E-state index in [9.17, 15) is 83.9 Å². The first kappa shape index (κ1) is 41.4. The smallest absolute Gasteiger partial charge is 0.393 e. The Morgan fingerprint density at radius 2 is 0.688 bits per heavy atom. The minimum atomic E-state index is -6.02. The summed E-state index contributed by atoms with van der Waals surface area (Å²) in [7, 11) is 0. The molecular formula is C40H16F6O18. The van der Waals surface area contributed by atoms with Crippen LogP contribution in [0.5, 0.6) is 0 Å². The molecule has 5 aromatic rings. The van der Waals surface area contributed by atoms with Crippen LogP contribution in [-0.4, -0.2) is 60.1 Å². The predicted molar refractivity (Wildman–Crippen MR) is 186 cm³/mol. The number of carbonyl (C=O) groups excluding carboxylic acids is 8. The number of cyclic esters (lactones) is 8. The van der Waals surface area contributed by atoms with Crippen molar-refractivity contribution in [3.63, 3.8) is 0 Å². The molecule has 24 heteroatoms. The Hall–Kier alpha value is -7.92. The lowest BCUT2D eigenvalue weighted by atomic mass is 9.70. The van der Waals surface area contributed by atoms with Gasteiger partial charge in [-0.1, -0.05) is 12.1 Å². The molecule has 0 radical (unpaired) electrons. The fourth-order valence-corrected chi connectivity index (χ4v) is 9.45. The lowest BCUT2D eigenvalue weighted by molar-refractivity contribution is -0.288. The van der Waals surface area contributed by atoms with E-state index < -0.39 is 145 Å². The number of rotatable bonds is 2. The summed E-state index contributed by atoms with van der Waals surface area (Å²) in [5.41, 5.74) is -13.4. The van der Waals surface area contributed by atoms with Crippen LogP contribution in [0, 0.1) is 35.5 Å².